The first-order valence-electron chi connectivity index (χ1n) is 5.55. The normalized spacial score (nSPS) is 10.1. The van der Waals surface area contributed by atoms with Crippen molar-refractivity contribution in [2.75, 3.05) is 19.4 Å². The fraction of sp³-hybridized carbons (Fsp3) is 0.250. The smallest absolute Gasteiger partial charge is 0.272 e. The van der Waals surface area contributed by atoms with Gasteiger partial charge in [0.25, 0.3) is 5.91 Å². The van der Waals surface area contributed by atoms with E-state index in [4.69, 9.17) is 0 Å². The van der Waals surface area contributed by atoms with E-state index in [1.807, 2.05) is 6.07 Å². The molecule has 0 atom stereocenters. The lowest BCUT2D eigenvalue weighted by Crippen LogP contribution is -2.22. The Kier molecular flexibility index (Phi) is 3.57. The maximum atomic E-state index is 11.7. The van der Waals surface area contributed by atoms with Crippen LogP contribution in [0.3, 0.4) is 0 Å². The molecule has 0 fully saturated rings. The molecule has 2 aromatic rings. The predicted octanol–water partition coefficient (Wildman–Crippen LogP) is 1.12. The molecule has 2 heterocycles. The van der Waals surface area contributed by atoms with E-state index in [2.05, 4.69) is 20.3 Å². The van der Waals surface area contributed by atoms with E-state index in [9.17, 15) is 4.79 Å². The second-order valence-corrected chi connectivity index (χ2v) is 4.06. The highest BCUT2D eigenvalue weighted by Crippen LogP contribution is 2.10. The van der Waals surface area contributed by atoms with Gasteiger partial charge in [-0.1, -0.05) is 0 Å². The number of H-pyrrole nitrogens is 1. The van der Waals surface area contributed by atoms with Gasteiger partial charge in [-0.05, 0) is 12.1 Å². The van der Waals surface area contributed by atoms with E-state index in [1.165, 1.54) is 4.90 Å². The molecule has 0 aliphatic heterocycles. The van der Waals surface area contributed by atoms with E-state index >= 15 is 0 Å². The number of carbonyl (C=O) groups is 1. The zero-order chi connectivity index (χ0) is 13.0. The van der Waals surface area contributed by atoms with Gasteiger partial charge in [0, 0.05) is 32.2 Å². The number of aromatic nitrogens is 3. The average molecular weight is 245 g/mol. The molecule has 0 unspecified atom stereocenters. The summed E-state index contributed by atoms with van der Waals surface area (Å²) in [7, 11) is 3.41. The lowest BCUT2D eigenvalue weighted by molar-refractivity contribution is 0.0822. The molecule has 0 saturated carbocycles. The number of hydrogen-bond donors (Lipinski definition) is 2. The third-order valence-electron chi connectivity index (χ3n) is 2.42. The summed E-state index contributed by atoms with van der Waals surface area (Å²) in [6, 6.07) is 3.56. The fourth-order valence-corrected chi connectivity index (χ4v) is 1.47. The van der Waals surface area contributed by atoms with Crippen LogP contribution >= 0.6 is 0 Å². The van der Waals surface area contributed by atoms with Gasteiger partial charge in [-0.25, -0.2) is 4.98 Å². The second-order valence-electron chi connectivity index (χ2n) is 4.06. The van der Waals surface area contributed by atoms with Crippen LogP contribution in [0.25, 0.3) is 0 Å². The number of aromatic amines is 1. The number of hydrogen-bond acceptors (Lipinski definition) is 4. The minimum Gasteiger partial charge on any atom is -0.379 e. The number of imidazole rings is 1. The van der Waals surface area contributed by atoms with Crippen LogP contribution in [0.15, 0.2) is 30.9 Å². The fourth-order valence-electron chi connectivity index (χ4n) is 1.47. The van der Waals surface area contributed by atoms with Gasteiger partial charge >= 0.3 is 0 Å². The molecule has 6 heteroatoms. The maximum absolute atomic E-state index is 11.7. The van der Waals surface area contributed by atoms with E-state index in [0.717, 1.165) is 11.4 Å². The molecule has 0 aliphatic rings. The molecule has 18 heavy (non-hydrogen) atoms. The first-order chi connectivity index (χ1) is 8.66. The van der Waals surface area contributed by atoms with Gasteiger partial charge in [0.05, 0.1) is 18.6 Å². The Bertz CT molecular complexity index is 521. The molecule has 0 saturated heterocycles. The predicted molar refractivity (Wildman–Crippen MR) is 68.2 cm³/mol. The van der Waals surface area contributed by atoms with Crippen molar-refractivity contribution in [3.05, 3.63) is 42.2 Å². The van der Waals surface area contributed by atoms with Crippen molar-refractivity contribution in [1.82, 2.24) is 19.9 Å². The summed E-state index contributed by atoms with van der Waals surface area (Å²) in [5.41, 5.74) is 2.26. The van der Waals surface area contributed by atoms with Crippen LogP contribution in [0.1, 0.15) is 16.2 Å². The van der Waals surface area contributed by atoms with Crippen molar-refractivity contribution in [1.29, 1.82) is 0 Å². The molecule has 1 amide bonds. The molecule has 0 aromatic carbocycles. The molecule has 2 rings (SSSR count). The Labute approximate surface area is 105 Å². The number of rotatable bonds is 4. The monoisotopic (exact) mass is 245 g/mol. The SMILES string of the molecule is CN(C)C(=O)c1cc(NCc2cnc[nH]2)ccn1. The van der Waals surface area contributed by atoms with Gasteiger partial charge in [0.15, 0.2) is 0 Å². The van der Waals surface area contributed by atoms with E-state index in [0.29, 0.717) is 12.2 Å². The number of nitrogens with zero attached hydrogens (tertiary/aromatic N) is 3. The molecule has 2 aromatic heterocycles. The van der Waals surface area contributed by atoms with Gasteiger partial charge < -0.3 is 15.2 Å². The summed E-state index contributed by atoms with van der Waals surface area (Å²) < 4.78 is 0. The van der Waals surface area contributed by atoms with Gasteiger partial charge in [-0.2, -0.15) is 0 Å². The Morgan fingerprint density at radius 1 is 1.50 bits per heavy atom. The minimum atomic E-state index is -0.111. The van der Waals surface area contributed by atoms with Gasteiger partial charge in [-0.15, -0.1) is 0 Å². The Hall–Kier alpha value is -2.37. The molecule has 6 nitrogen and oxygen atoms in total. The second kappa shape index (κ2) is 5.31. The molecular formula is C12H15N5O. The van der Waals surface area contributed by atoms with Crippen LogP contribution in [0, 0.1) is 0 Å². The van der Waals surface area contributed by atoms with E-state index < -0.39 is 0 Å². The molecule has 0 bridgehead atoms. The number of carbonyl (C=O) groups excluding carboxylic acids is 1. The number of pyridine rings is 1. The lowest BCUT2D eigenvalue weighted by atomic mass is 10.3. The number of anilines is 1. The maximum Gasteiger partial charge on any atom is 0.272 e. The zero-order valence-corrected chi connectivity index (χ0v) is 10.3. The molecule has 2 N–H and O–H groups in total. The minimum absolute atomic E-state index is 0.111. The number of nitrogens with one attached hydrogen (secondary N) is 2. The number of amides is 1. The Balaban J connectivity index is 2.05. The largest absolute Gasteiger partial charge is 0.379 e. The highest BCUT2D eigenvalue weighted by atomic mass is 16.2. The van der Waals surface area contributed by atoms with Crippen molar-refractivity contribution < 1.29 is 4.79 Å². The summed E-state index contributed by atoms with van der Waals surface area (Å²) in [5.74, 6) is -0.111. The van der Waals surface area contributed by atoms with E-state index in [-0.39, 0.29) is 5.91 Å². The lowest BCUT2D eigenvalue weighted by Gasteiger charge is -2.10. The van der Waals surface area contributed by atoms with Crippen molar-refractivity contribution in [3.63, 3.8) is 0 Å². The Morgan fingerprint density at radius 3 is 3.00 bits per heavy atom. The molecular weight excluding hydrogens is 230 g/mol. The van der Waals surface area contributed by atoms with Crippen LogP contribution in [0.2, 0.25) is 0 Å². The third kappa shape index (κ3) is 2.85. The quantitative estimate of drug-likeness (QED) is 0.846. The topological polar surface area (TPSA) is 73.9 Å². The van der Waals surface area contributed by atoms with Crippen molar-refractivity contribution >= 4 is 11.6 Å². The highest BCUT2D eigenvalue weighted by molar-refractivity contribution is 5.92. The summed E-state index contributed by atoms with van der Waals surface area (Å²) in [4.78, 5) is 24.2. The van der Waals surface area contributed by atoms with Gasteiger partial charge in [0.2, 0.25) is 0 Å². The van der Waals surface area contributed by atoms with E-state index in [1.54, 1.807) is 38.9 Å². The average Bonchev–Trinajstić information content (AvgIpc) is 2.89. The van der Waals surface area contributed by atoms with Gasteiger partial charge in [-0.3, -0.25) is 9.78 Å². The summed E-state index contributed by atoms with van der Waals surface area (Å²) in [5, 5.41) is 3.20. The first kappa shape index (κ1) is 12.1. The molecule has 94 valence electrons. The standard InChI is InChI=1S/C12H15N5O/c1-17(2)12(18)11-5-9(3-4-14-11)15-7-10-6-13-8-16-10/h3-6,8H,7H2,1-2H3,(H,13,16)(H,14,15). The van der Waals surface area contributed by atoms with Crippen LogP contribution in [-0.2, 0) is 6.54 Å². The van der Waals surface area contributed by atoms with Crippen LogP contribution in [0.5, 0.6) is 0 Å². The van der Waals surface area contributed by atoms with Crippen molar-refractivity contribution in [2.45, 2.75) is 6.54 Å². The Morgan fingerprint density at radius 2 is 2.33 bits per heavy atom. The zero-order valence-electron chi connectivity index (χ0n) is 10.3. The third-order valence-corrected chi connectivity index (χ3v) is 2.42. The van der Waals surface area contributed by atoms with Crippen LogP contribution in [0.4, 0.5) is 5.69 Å². The molecule has 0 aliphatic carbocycles. The molecule has 0 radical (unpaired) electrons. The highest BCUT2D eigenvalue weighted by Gasteiger charge is 2.09. The first-order valence-corrected chi connectivity index (χ1v) is 5.55. The summed E-state index contributed by atoms with van der Waals surface area (Å²) in [6.45, 7) is 0.625. The van der Waals surface area contributed by atoms with Gasteiger partial charge in [0.1, 0.15) is 5.69 Å². The van der Waals surface area contributed by atoms with Crippen molar-refractivity contribution in [2.24, 2.45) is 0 Å². The van der Waals surface area contributed by atoms with Crippen LogP contribution < -0.4 is 5.32 Å². The van der Waals surface area contributed by atoms with Crippen LogP contribution in [-0.4, -0.2) is 39.9 Å². The summed E-state index contributed by atoms with van der Waals surface area (Å²) >= 11 is 0. The van der Waals surface area contributed by atoms with Crippen molar-refractivity contribution in [3.8, 4) is 0 Å². The molecule has 0 spiro atoms. The summed E-state index contributed by atoms with van der Waals surface area (Å²) in [6.07, 6.45) is 5.00.